The maximum Gasteiger partial charge on any atom is 0.0223 e. The van der Waals surface area contributed by atoms with E-state index >= 15 is 0 Å². The molecule has 2 saturated carbocycles. The van der Waals surface area contributed by atoms with E-state index in [4.69, 9.17) is 0 Å². The third-order valence-corrected chi connectivity index (χ3v) is 6.41. The first-order chi connectivity index (χ1) is 10.4. The number of likely N-dealkylation sites (tertiary alicyclic amines) is 1. The van der Waals surface area contributed by atoms with Crippen LogP contribution in [0.1, 0.15) is 77.6 Å². The van der Waals surface area contributed by atoms with Crippen molar-refractivity contribution in [2.45, 2.75) is 89.6 Å². The van der Waals surface area contributed by atoms with Crippen molar-refractivity contribution in [3.63, 3.8) is 0 Å². The van der Waals surface area contributed by atoms with Gasteiger partial charge in [0.05, 0.1) is 0 Å². The molecule has 3 fully saturated rings. The van der Waals surface area contributed by atoms with Crippen molar-refractivity contribution in [2.75, 3.05) is 19.6 Å². The second-order valence-electron chi connectivity index (χ2n) is 7.85. The monoisotopic (exact) mass is 292 g/mol. The van der Waals surface area contributed by atoms with Crippen LogP contribution in [0.4, 0.5) is 0 Å². The number of hydrogen-bond acceptors (Lipinski definition) is 2. The van der Waals surface area contributed by atoms with E-state index in [1.165, 1.54) is 90.3 Å². The molecule has 0 spiro atoms. The molecule has 0 radical (unpaired) electrons. The van der Waals surface area contributed by atoms with Crippen molar-refractivity contribution in [1.29, 1.82) is 0 Å². The third kappa shape index (κ3) is 4.01. The SMILES string of the molecule is CCCNC(CN1CCCC1C1CCCC1)C1CCCC1. The second-order valence-corrected chi connectivity index (χ2v) is 7.85. The molecule has 1 heterocycles. The highest BCUT2D eigenvalue weighted by molar-refractivity contribution is 4.91. The van der Waals surface area contributed by atoms with Gasteiger partial charge in [-0.1, -0.05) is 32.6 Å². The Hall–Kier alpha value is -0.0800. The summed E-state index contributed by atoms with van der Waals surface area (Å²) < 4.78 is 0. The van der Waals surface area contributed by atoms with E-state index in [0.29, 0.717) is 0 Å². The van der Waals surface area contributed by atoms with Crippen LogP contribution in [0.3, 0.4) is 0 Å². The highest BCUT2D eigenvalue weighted by Gasteiger charge is 2.35. The van der Waals surface area contributed by atoms with Crippen molar-refractivity contribution in [3.8, 4) is 0 Å². The van der Waals surface area contributed by atoms with E-state index in [2.05, 4.69) is 17.1 Å². The quantitative estimate of drug-likeness (QED) is 0.756. The largest absolute Gasteiger partial charge is 0.312 e. The van der Waals surface area contributed by atoms with Crippen molar-refractivity contribution in [3.05, 3.63) is 0 Å². The maximum atomic E-state index is 3.91. The van der Waals surface area contributed by atoms with Gasteiger partial charge in [0.2, 0.25) is 0 Å². The zero-order valence-corrected chi connectivity index (χ0v) is 14.2. The Bertz CT molecular complexity index is 292. The molecule has 3 aliphatic rings. The van der Waals surface area contributed by atoms with Crippen molar-refractivity contribution >= 4 is 0 Å². The molecule has 0 bridgehead atoms. The molecule has 2 nitrogen and oxygen atoms in total. The zero-order chi connectivity index (χ0) is 14.5. The Kier molecular flexibility index (Phi) is 5.99. The minimum Gasteiger partial charge on any atom is -0.312 e. The van der Waals surface area contributed by atoms with Crippen molar-refractivity contribution in [1.82, 2.24) is 10.2 Å². The number of nitrogens with zero attached hydrogens (tertiary/aromatic N) is 1. The van der Waals surface area contributed by atoms with Gasteiger partial charge < -0.3 is 5.32 Å². The molecular weight excluding hydrogens is 256 g/mol. The Labute approximate surface area is 132 Å². The lowest BCUT2D eigenvalue weighted by Crippen LogP contribution is -2.48. The molecular formula is C19H36N2. The van der Waals surface area contributed by atoms with Gasteiger partial charge in [0.25, 0.3) is 0 Å². The van der Waals surface area contributed by atoms with E-state index in [0.717, 1.165) is 23.9 Å². The van der Waals surface area contributed by atoms with E-state index in [1.54, 1.807) is 0 Å². The Morgan fingerprint density at radius 3 is 2.38 bits per heavy atom. The highest BCUT2D eigenvalue weighted by Crippen LogP contribution is 2.36. The van der Waals surface area contributed by atoms with E-state index < -0.39 is 0 Å². The van der Waals surface area contributed by atoms with Gasteiger partial charge in [-0.15, -0.1) is 0 Å². The average molecular weight is 293 g/mol. The van der Waals surface area contributed by atoms with Gasteiger partial charge >= 0.3 is 0 Å². The average Bonchev–Trinajstić information content (AvgIpc) is 3.24. The lowest BCUT2D eigenvalue weighted by atomic mass is 9.93. The molecule has 3 rings (SSSR count). The van der Waals surface area contributed by atoms with Crippen LogP contribution in [0.2, 0.25) is 0 Å². The first-order valence-corrected chi connectivity index (χ1v) is 9.86. The van der Waals surface area contributed by atoms with Crippen LogP contribution in [-0.4, -0.2) is 36.6 Å². The van der Waals surface area contributed by atoms with Crippen LogP contribution < -0.4 is 5.32 Å². The Balaban J connectivity index is 1.57. The summed E-state index contributed by atoms with van der Waals surface area (Å²) in [6.45, 7) is 6.23. The first-order valence-electron chi connectivity index (χ1n) is 9.86. The van der Waals surface area contributed by atoms with Gasteiger partial charge in [0.15, 0.2) is 0 Å². The standard InChI is InChI=1S/C19H36N2/c1-2-13-20-18(16-8-3-4-9-16)15-21-14-7-12-19(21)17-10-5-6-11-17/h16-20H,2-15H2,1H3. The summed E-state index contributed by atoms with van der Waals surface area (Å²) in [5, 5.41) is 3.91. The van der Waals surface area contributed by atoms with Crippen molar-refractivity contribution < 1.29 is 0 Å². The summed E-state index contributed by atoms with van der Waals surface area (Å²) >= 11 is 0. The van der Waals surface area contributed by atoms with E-state index in [-0.39, 0.29) is 0 Å². The molecule has 0 aromatic rings. The lowest BCUT2D eigenvalue weighted by molar-refractivity contribution is 0.154. The van der Waals surface area contributed by atoms with Crippen LogP contribution in [0.5, 0.6) is 0 Å². The lowest BCUT2D eigenvalue weighted by Gasteiger charge is -2.35. The summed E-state index contributed by atoms with van der Waals surface area (Å²) in [5.74, 6) is 1.99. The molecule has 21 heavy (non-hydrogen) atoms. The summed E-state index contributed by atoms with van der Waals surface area (Å²) in [6.07, 6.45) is 16.1. The van der Waals surface area contributed by atoms with E-state index in [9.17, 15) is 0 Å². The fraction of sp³-hybridized carbons (Fsp3) is 1.00. The summed E-state index contributed by atoms with van der Waals surface area (Å²) in [4.78, 5) is 2.89. The molecule has 122 valence electrons. The van der Waals surface area contributed by atoms with Gasteiger partial charge in [-0.3, -0.25) is 4.90 Å². The summed E-state index contributed by atoms with van der Waals surface area (Å²) in [5.41, 5.74) is 0. The van der Waals surface area contributed by atoms with Gasteiger partial charge in [-0.05, 0) is 69.9 Å². The van der Waals surface area contributed by atoms with Crippen LogP contribution in [0, 0.1) is 11.8 Å². The predicted molar refractivity (Wildman–Crippen MR) is 90.6 cm³/mol. The first kappa shape index (κ1) is 15.8. The van der Waals surface area contributed by atoms with Crippen molar-refractivity contribution in [2.24, 2.45) is 11.8 Å². The summed E-state index contributed by atoms with van der Waals surface area (Å²) in [6, 6.07) is 1.70. The highest BCUT2D eigenvalue weighted by atomic mass is 15.2. The number of nitrogens with one attached hydrogen (secondary N) is 1. The van der Waals surface area contributed by atoms with Crippen LogP contribution >= 0.6 is 0 Å². The van der Waals surface area contributed by atoms with Crippen LogP contribution in [-0.2, 0) is 0 Å². The predicted octanol–water partition coefficient (Wildman–Crippen LogP) is 4.20. The second kappa shape index (κ2) is 7.97. The van der Waals surface area contributed by atoms with Gasteiger partial charge in [0, 0.05) is 18.6 Å². The molecule has 2 aliphatic carbocycles. The zero-order valence-electron chi connectivity index (χ0n) is 14.2. The smallest absolute Gasteiger partial charge is 0.0223 e. The number of rotatable bonds is 7. The minimum absolute atomic E-state index is 0.773. The molecule has 0 aromatic carbocycles. The fourth-order valence-corrected chi connectivity index (χ4v) is 5.28. The molecule has 0 aromatic heterocycles. The van der Waals surface area contributed by atoms with Gasteiger partial charge in [-0.25, -0.2) is 0 Å². The maximum absolute atomic E-state index is 3.91. The molecule has 1 saturated heterocycles. The third-order valence-electron chi connectivity index (χ3n) is 6.41. The topological polar surface area (TPSA) is 15.3 Å². The number of hydrogen-bond donors (Lipinski definition) is 1. The molecule has 2 atom stereocenters. The normalized spacial score (nSPS) is 30.4. The van der Waals surface area contributed by atoms with E-state index in [1.807, 2.05) is 0 Å². The van der Waals surface area contributed by atoms with Crippen LogP contribution in [0.15, 0.2) is 0 Å². The van der Waals surface area contributed by atoms with Crippen LogP contribution in [0.25, 0.3) is 0 Å². The fourth-order valence-electron chi connectivity index (χ4n) is 5.28. The Morgan fingerprint density at radius 1 is 0.952 bits per heavy atom. The van der Waals surface area contributed by atoms with Gasteiger partial charge in [0.1, 0.15) is 0 Å². The molecule has 1 aliphatic heterocycles. The Morgan fingerprint density at radius 2 is 1.67 bits per heavy atom. The molecule has 2 heteroatoms. The van der Waals surface area contributed by atoms with Gasteiger partial charge in [-0.2, -0.15) is 0 Å². The molecule has 1 N–H and O–H groups in total. The summed E-state index contributed by atoms with van der Waals surface area (Å²) in [7, 11) is 0. The molecule has 2 unspecified atom stereocenters. The molecule has 0 amide bonds. The minimum atomic E-state index is 0.773.